The van der Waals surface area contributed by atoms with Gasteiger partial charge in [-0.3, -0.25) is 4.79 Å². The number of nitrogens with one attached hydrogen (secondary N) is 1. The Labute approximate surface area is 179 Å². The predicted octanol–water partition coefficient (Wildman–Crippen LogP) is 6.45. The van der Waals surface area contributed by atoms with Crippen LogP contribution in [0.1, 0.15) is 52.2 Å². The molecule has 3 aromatic carbocycles. The molecule has 0 heterocycles. The molecule has 1 aliphatic rings. The van der Waals surface area contributed by atoms with Crippen LogP contribution in [0.15, 0.2) is 60.7 Å². The molecule has 3 heteroatoms. The largest absolute Gasteiger partial charge is 0.497 e. The molecule has 3 nitrogen and oxygen atoms in total. The lowest BCUT2D eigenvalue weighted by Crippen LogP contribution is -2.32. The van der Waals surface area contributed by atoms with Crippen molar-refractivity contribution < 1.29 is 9.53 Å². The first kappa shape index (κ1) is 20.5. The Morgan fingerprint density at radius 1 is 0.933 bits per heavy atom. The fraction of sp³-hybridized carbons (Fsp3) is 0.370. The highest BCUT2D eigenvalue weighted by atomic mass is 16.5. The lowest BCUT2D eigenvalue weighted by molar-refractivity contribution is -0.119. The summed E-state index contributed by atoms with van der Waals surface area (Å²) in [7, 11) is 1.66. The topological polar surface area (TPSA) is 38.3 Å². The molecular weight excluding hydrogens is 370 g/mol. The number of benzene rings is 3. The summed E-state index contributed by atoms with van der Waals surface area (Å²) >= 11 is 0. The molecule has 1 amide bonds. The summed E-state index contributed by atoms with van der Waals surface area (Å²) in [5, 5.41) is 5.53. The van der Waals surface area contributed by atoms with Gasteiger partial charge in [0.15, 0.2) is 0 Å². The molecule has 156 valence electrons. The minimum absolute atomic E-state index is 0.0593. The molecule has 1 fully saturated rings. The van der Waals surface area contributed by atoms with Gasteiger partial charge in [0, 0.05) is 5.69 Å². The molecule has 0 aromatic heterocycles. The van der Waals surface area contributed by atoms with Crippen LogP contribution >= 0.6 is 0 Å². The van der Waals surface area contributed by atoms with Crippen molar-refractivity contribution >= 4 is 22.4 Å². The Bertz CT molecular complexity index is 1110. The fourth-order valence-electron chi connectivity index (χ4n) is 4.53. The Hall–Kier alpha value is -2.81. The van der Waals surface area contributed by atoms with Gasteiger partial charge in [-0.15, -0.1) is 0 Å². The maximum atomic E-state index is 13.5. The molecule has 1 N–H and O–H groups in total. The van der Waals surface area contributed by atoms with Crippen LogP contribution in [0.4, 0.5) is 5.69 Å². The minimum atomic E-state index is -0.512. The van der Waals surface area contributed by atoms with Gasteiger partial charge in [-0.2, -0.15) is 0 Å². The zero-order valence-electron chi connectivity index (χ0n) is 18.8. The van der Waals surface area contributed by atoms with Crippen molar-refractivity contribution in [3.8, 4) is 5.75 Å². The number of anilines is 1. The van der Waals surface area contributed by atoms with Crippen LogP contribution in [0.2, 0.25) is 0 Å². The van der Waals surface area contributed by atoms with Crippen molar-refractivity contribution in [1.29, 1.82) is 0 Å². The summed E-state index contributed by atoms with van der Waals surface area (Å²) in [6.07, 6.45) is 0.833. The number of hydrogen-bond donors (Lipinski definition) is 1. The lowest BCUT2D eigenvalue weighted by Gasteiger charge is -2.22. The van der Waals surface area contributed by atoms with Gasteiger partial charge in [-0.05, 0) is 63.4 Å². The van der Waals surface area contributed by atoms with Crippen LogP contribution in [0, 0.1) is 5.41 Å². The molecular formula is C27H31NO2. The van der Waals surface area contributed by atoms with E-state index < -0.39 is 5.41 Å². The number of ether oxygens (including phenoxy) is 1. The number of carbonyl (C=O) groups is 1. The fourth-order valence-corrected chi connectivity index (χ4v) is 4.53. The normalized spacial score (nSPS) is 20.1. The second kappa shape index (κ2) is 6.87. The van der Waals surface area contributed by atoms with Crippen molar-refractivity contribution in [3.05, 3.63) is 71.8 Å². The molecule has 1 saturated carbocycles. The molecule has 1 aliphatic carbocycles. The van der Waals surface area contributed by atoms with Crippen LogP contribution in [0.5, 0.6) is 5.75 Å². The quantitative estimate of drug-likeness (QED) is 0.545. The molecule has 0 bridgehead atoms. The highest BCUT2D eigenvalue weighted by molar-refractivity contribution is 6.03. The maximum absolute atomic E-state index is 13.5. The first-order valence-electron chi connectivity index (χ1n) is 10.6. The van der Waals surface area contributed by atoms with E-state index in [1.165, 1.54) is 10.9 Å². The Morgan fingerprint density at radius 3 is 2.13 bits per heavy atom. The molecule has 4 rings (SSSR count). The number of rotatable bonds is 4. The van der Waals surface area contributed by atoms with Crippen LogP contribution in [0.3, 0.4) is 0 Å². The van der Waals surface area contributed by atoms with E-state index in [1.54, 1.807) is 7.11 Å². The van der Waals surface area contributed by atoms with Gasteiger partial charge in [-0.1, -0.05) is 71.0 Å². The van der Waals surface area contributed by atoms with E-state index in [-0.39, 0.29) is 16.7 Å². The molecule has 1 unspecified atom stereocenters. The Kier molecular flexibility index (Phi) is 4.68. The molecule has 0 radical (unpaired) electrons. The van der Waals surface area contributed by atoms with E-state index in [2.05, 4.69) is 70.3 Å². The van der Waals surface area contributed by atoms with E-state index in [1.807, 2.05) is 30.3 Å². The molecule has 1 atom stereocenters. The minimum Gasteiger partial charge on any atom is -0.497 e. The number of fused-ring (bicyclic) bond motifs is 1. The molecule has 0 saturated heterocycles. The highest BCUT2D eigenvalue weighted by Gasteiger charge is 2.67. The summed E-state index contributed by atoms with van der Waals surface area (Å²) in [4.78, 5) is 13.5. The van der Waals surface area contributed by atoms with E-state index >= 15 is 0 Å². The SMILES string of the molecule is COc1ccc(C2(C(=O)Nc3ccc4ccc(C(C)(C)C)cc4c3)CC2(C)C)cc1. The van der Waals surface area contributed by atoms with Crippen LogP contribution in [0.25, 0.3) is 10.8 Å². The first-order valence-corrected chi connectivity index (χ1v) is 10.6. The third-order valence-corrected chi connectivity index (χ3v) is 6.67. The van der Waals surface area contributed by atoms with Gasteiger partial charge in [0.1, 0.15) is 5.75 Å². The standard InChI is InChI=1S/C27H31NO2/c1-25(2,3)21-9-7-18-8-12-22(16-19(18)15-21)28-24(29)27(17-26(27,4)5)20-10-13-23(30-6)14-11-20/h7-16H,17H2,1-6H3,(H,28,29). The molecule has 30 heavy (non-hydrogen) atoms. The number of carbonyl (C=O) groups excluding carboxylic acids is 1. The summed E-state index contributed by atoms with van der Waals surface area (Å²) < 4.78 is 5.28. The lowest BCUT2D eigenvalue weighted by atomic mass is 9.85. The van der Waals surface area contributed by atoms with E-state index in [0.29, 0.717) is 0 Å². The van der Waals surface area contributed by atoms with Crippen molar-refractivity contribution in [2.45, 2.75) is 51.9 Å². The van der Waals surface area contributed by atoms with Crippen LogP contribution in [-0.2, 0) is 15.6 Å². The summed E-state index contributed by atoms with van der Waals surface area (Å²) in [5.74, 6) is 0.862. The molecule has 0 spiro atoms. The first-order chi connectivity index (χ1) is 14.1. The van der Waals surface area contributed by atoms with Crippen molar-refractivity contribution in [2.24, 2.45) is 5.41 Å². The van der Waals surface area contributed by atoms with Crippen LogP contribution < -0.4 is 10.1 Å². The zero-order valence-corrected chi connectivity index (χ0v) is 18.8. The zero-order chi connectivity index (χ0) is 21.7. The number of amides is 1. The van der Waals surface area contributed by atoms with Crippen molar-refractivity contribution in [1.82, 2.24) is 0 Å². The molecule has 0 aliphatic heterocycles. The summed E-state index contributed by atoms with van der Waals surface area (Å²) in [6.45, 7) is 11.0. The van der Waals surface area contributed by atoms with Gasteiger partial charge in [-0.25, -0.2) is 0 Å². The third kappa shape index (κ3) is 3.36. The van der Waals surface area contributed by atoms with Crippen molar-refractivity contribution in [3.63, 3.8) is 0 Å². The van der Waals surface area contributed by atoms with Crippen molar-refractivity contribution in [2.75, 3.05) is 12.4 Å². The number of hydrogen-bond acceptors (Lipinski definition) is 2. The Balaban J connectivity index is 1.65. The second-order valence-electron chi connectivity index (χ2n) is 10.2. The van der Waals surface area contributed by atoms with Gasteiger partial charge < -0.3 is 10.1 Å². The summed E-state index contributed by atoms with van der Waals surface area (Å²) in [5.41, 5.74) is 2.67. The average molecular weight is 402 g/mol. The molecule has 3 aromatic rings. The number of methoxy groups -OCH3 is 1. The maximum Gasteiger partial charge on any atom is 0.235 e. The van der Waals surface area contributed by atoms with Gasteiger partial charge >= 0.3 is 0 Å². The average Bonchev–Trinajstić information content (AvgIpc) is 3.30. The van der Waals surface area contributed by atoms with Gasteiger partial charge in [0.05, 0.1) is 12.5 Å². The van der Waals surface area contributed by atoms with Gasteiger partial charge in [0.25, 0.3) is 0 Å². The van der Waals surface area contributed by atoms with E-state index in [0.717, 1.165) is 28.8 Å². The van der Waals surface area contributed by atoms with E-state index in [9.17, 15) is 4.79 Å². The third-order valence-electron chi connectivity index (χ3n) is 6.67. The Morgan fingerprint density at radius 2 is 1.57 bits per heavy atom. The van der Waals surface area contributed by atoms with E-state index in [4.69, 9.17) is 4.74 Å². The predicted molar refractivity (Wildman–Crippen MR) is 124 cm³/mol. The van der Waals surface area contributed by atoms with Gasteiger partial charge in [0.2, 0.25) is 5.91 Å². The summed E-state index contributed by atoms with van der Waals surface area (Å²) in [6, 6.07) is 20.6. The smallest absolute Gasteiger partial charge is 0.235 e. The monoisotopic (exact) mass is 401 g/mol. The second-order valence-corrected chi connectivity index (χ2v) is 10.2. The van der Waals surface area contributed by atoms with Crippen LogP contribution in [-0.4, -0.2) is 13.0 Å². The highest BCUT2D eigenvalue weighted by Crippen LogP contribution is 2.64.